The van der Waals surface area contributed by atoms with Crippen LogP contribution in [0.4, 0.5) is 5.82 Å². The van der Waals surface area contributed by atoms with E-state index in [1.165, 1.54) is 69.8 Å². The van der Waals surface area contributed by atoms with E-state index in [-0.39, 0.29) is 0 Å². The van der Waals surface area contributed by atoms with E-state index in [0.717, 1.165) is 54.3 Å². The number of fused-ring (bicyclic) bond motifs is 1. The number of para-hydroxylation sites is 1. The predicted octanol–water partition coefficient (Wildman–Crippen LogP) is 7.72. The molecule has 5 nitrogen and oxygen atoms in total. The Kier molecular flexibility index (Phi) is 11.2. The van der Waals surface area contributed by atoms with Gasteiger partial charge in [-0.1, -0.05) is 69.7 Å². The van der Waals surface area contributed by atoms with E-state index in [2.05, 4.69) is 79.8 Å². The van der Waals surface area contributed by atoms with Gasteiger partial charge in [-0.25, -0.2) is 9.97 Å². The lowest BCUT2D eigenvalue weighted by atomic mass is 9.84. The van der Waals surface area contributed by atoms with Gasteiger partial charge in [0.05, 0.1) is 12.1 Å². The zero-order valence-corrected chi connectivity index (χ0v) is 23.9. The van der Waals surface area contributed by atoms with Crippen LogP contribution < -0.4 is 15.0 Å². The molecule has 1 fully saturated rings. The second-order valence-electron chi connectivity index (χ2n) is 11.3. The number of unbranched alkanes of at least 4 members (excludes halogenated alkanes) is 6. The summed E-state index contributed by atoms with van der Waals surface area (Å²) in [6.07, 6.45) is 15.1. The van der Waals surface area contributed by atoms with E-state index in [9.17, 15) is 0 Å². The summed E-state index contributed by atoms with van der Waals surface area (Å²) in [5.41, 5.74) is 2.38. The third-order valence-corrected chi connectivity index (χ3v) is 7.91. The molecule has 0 bridgehead atoms. The lowest BCUT2D eigenvalue weighted by Gasteiger charge is -2.29. The Hall–Kier alpha value is -2.66. The highest BCUT2D eigenvalue weighted by molar-refractivity contribution is 5.89. The first-order valence-electron chi connectivity index (χ1n) is 15.0. The van der Waals surface area contributed by atoms with Crippen molar-refractivity contribution in [1.29, 1.82) is 0 Å². The predicted molar refractivity (Wildman–Crippen MR) is 160 cm³/mol. The summed E-state index contributed by atoms with van der Waals surface area (Å²) < 4.78 is 5.95. The molecule has 5 heteroatoms. The highest BCUT2D eigenvalue weighted by Crippen LogP contribution is 2.29. The van der Waals surface area contributed by atoms with Crippen LogP contribution in [-0.2, 0) is 13.0 Å². The summed E-state index contributed by atoms with van der Waals surface area (Å²) in [5.74, 6) is 3.67. The maximum Gasteiger partial charge on any atom is 0.139 e. The summed E-state index contributed by atoms with van der Waals surface area (Å²) in [4.78, 5) is 11.9. The zero-order chi connectivity index (χ0) is 26.6. The second-order valence-corrected chi connectivity index (χ2v) is 11.3. The van der Waals surface area contributed by atoms with Crippen molar-refractivity contribution >= 4 is 16.7 Å². The van der Waals surface area contributed by atoms with Crippen LogP contribution in [-0.4, -0.2) is 36.7 Å². The fourth-order valence-corrected chi connectivity index (χ4v) is 5.58. The minimum Gasteiger partial charge on any atom is -0.494 e. The highest BCUT2D eigenvalue weighted by Gasteiger charge is 2.22. The number of ether oxygens (including phenoxy) is 1. The SMILES string of the molecule is CCCCCCCCCOc1ccc(CN[C@H]2CC[C@@H](Cc3nc(N(C)C)c4ccccc4n3)CC2)cc1. The minimum atomic E-state index is 0.592. The molecule has 1 aliphatic rings. The van der Waals surface area contributed by atoms with Gasteiger partial charge in [-0.05, 0) is 67.9 Å². The van der Waals surface area contributed by atoms with Gasteiger partial charge in [0, 0.05) is 38.5 Å². The Labute approximate surface area is 230 Å². The van der Waals surface area contributed by atoms with Crippen LogP contribution in [0.15, 0.2) is 48.5 Å². The van der Waals surface area contributed by atoms with Gasteiger partial charge in [0.1, 0.15) is 17.4 Å². The van der Waals surface area contributed by atoms with Crippen molar-refractivity contribution in [3.8, 4) is 5.75 Å². The Morgan fingerprint density at radius 1 is 0.842 bits per heavy atom. The third-order valence-electron chi connectivity index (χ3n) is 7.91. The van der Waals surface area contributed by atoms with E-state index in [1.807, 2.05) is 0 Å². The van der Waals surface area contributed by atoms with Crippen LogP contribution in [0, 0.1) is 5.92 Å². The molecule has 1 aromatic heterocycles. The molecule has 0 saturated heterocycles. The van der Waals surface area contributed by atoms with Crippen molar-refractivity contribution < 1.29 is 4.74 Å². The van der Waals surface area contributed by atoms with Gasteiger partial charge in [0.25, 0.3) is 0 Å². The summed E-state index contributed by atoms with van der Waals surface area (Å²) in [5, 5.41) is 4.92. The van der Waals surface area contributed by atoms with Crippen molar-refractivity contribution in [2.45, 2.75) is 96.6 Å². The first-order chi connectivity index (χ1) is 18.6. The normalized spacial score (nSPS) is 17.6. The lowest BCUT2D eigenvalue weighted by molar-refractivity contribution is 0.286. The summed E-state index contributed by atoms with van der Waals surface area (Å²) in [6.45, 7) is 4.02. The zero-order valence-electron chi connectivity index (χ0n) is 23.9. The molecule has 38 heavy (non-hydrogen) atoms. The van der Waals surface area contributed by atoms with Crippen LogP contribution in [0.2, 0.25) is 0 Å². The van der Waals surface area contributed by atoms with Gasteiger partial charge in [0.2, 0.25) is 0 Å². The number of hydrogen-bond donors (Lipinski definition) is 1. The fraction of sp³-hybridized carbons (Fsp3) is 0.576. The Morgan fingerprint density at radius 3 is 2.29 bits per heavy atom. The molecule has 206 valence electrons. The van der Waals surface area contributed by atoms with Gasteiger partial charge in [-0.2, -0.15) is 0 Å². The Morgan fingerprint density at radius 2 is 1.55 bits per heavy atom. The number of anilines is 1. The third kappa shape index (κ3) is 8.69. The van der Waals surface area contributed by atoms with Crippen LogP contribution in [0.25, 0.3) is 10.9 Å². The molecular formula is C33H48N4O. The number of nitrogens with one attached hydrogen (secondary N) is 1. The van der Waals surface area contributed by atoms with Gasteiger partial charge >= 0.3 is 0 Å². The quantitative estimate of drug-likeness (QED) is 0.210. The topological polar surface area (TPSA) is 50.3 Å². The molecule has 1 heterocycles. The molecule has 1 aliphatic carbocycles. The van der Waals surface area contributed by atoms with Gasteiger partial charge in [-0.15, -0.1) is 0 Å². The lowest BCUT2D eigenvalue weighted by Crippen LogP contribution is -2.33. The van der Waals surface area contributed by atoms with Crippen LogP contribution in [0.1, 0.15) is 88.9 Å². The smallest absolute Gasteiger partial charge is 0.139 e. The molecule has 0 unspecified atom stereocenters. The van der Waals surface area contributed by atoms with Crippen LogP contribution in [0.3, 0.4) is 0 Å². The van der Waals surface area contributed by atoms with Crippen molar-refractivity contribution in [2.24, 2.45) is 5.92 Å². The summed E-state index contributed by atoms with van der Waals surface area (Å²) in [6, 6.07) is 17.6. The first kappa shape index (κ1) is 28.4. The number of rotatable bonds is 15. The molecule has 4 rings (SSSR count). The summed E-state index contributed by atoms with van der Waals surface area (Å²) >= 11 is 0. The van der Waals surface area contributed by atoms with Gasteiger partial charge in [-0.3, -0.25) is 0 Å². The molecule has 1 saturated carbocycles. The van der Waals surface area contributed by atoms with Gasteiger partial charge in [0.15, 0.2) is 0 Å². The number of nitrogens with zero attached hydrogens (tertiary/aromatic N) is 3. The molecule has 0 aliphatic heterocycles. The average Bonchev–Trinajstić information content (AvgIpc) is 2.94. The molecule has 0 amide bonds. The maximum absolute atomic E-state index is 5.95. The van der Waals surface area contributed by atoms with Crippen LogP contribution in [0.5, 0.6) is 5.75 Å². The number of hydrogen-bond acceptors (Lipinski definition) is 5. The van der Waals surface area contributed by atoms with E-state index >= 15 is 0 Å². The van der Waals surface area contributed by atoms with E-state index < -0.39 is 0 Å². The van der Waals surface area contributed by atoms with Gasteiger partial charge < -0.3 is 15.0 Å². The molecular weight excluding hydrogens is 468 g/mol. The highest BCUT2D eigenvalue weighted by atomic mass is 16.5. The maximum atomic E-state index is 5.95. The molecule has 1 N–H and O–H groups in total. The van der Waals surface area contributed by atoms with Crippen molar-refractivity contribution in [3.05, 3.63) is 59.9 Å². The molecule has 3 aromatic rings. The van der Waals surface area contributed by atoms with E-state index in [4.69, 9.17) is 14.7 Å². The van der Waals surface area contributed by atoms with E-state index in [1.54, 1.807) is 0 Å². The number of aromatic nitrogens is 2. The summed E-state index contributed by atoms with van der Waals surface area (Å²) in [7, 11) is 4.13. The number of benzene rings is 2. The molecule has 0 atom stereocenters. The average molecular weight is 517 g/mol. The standard InChI is InChI=1S/C33H48N4O/c1-4-5-6-7-8-9-12-23-38-29-21-17-27(18-22-29)25-34-28-19-15-26(16-20-28)24-32-35-31-14-11-10-13-30(31)33(36-32)37(2)3/h10-11,13-14,17-18,21-22,26,28,34H,4-9,12,15-16,19-20,23-25H2,1-3H3/t26-,28+. The Balaban J connectivity index is 1.15. The monoisotopic (exact) mass is 516 g/mol. The van der Waals surface area contributed by atoms with Crippen molar-refractivity contribution in [1.82, 2.24) is 15.3 Å². The Bertz CT molecular complexity index is 1090. The largest absolute Gasteiger partial charge is 0.494 e. The second kappa shape index (κ2) is 15.1. The van der Waals surface area contributed by atoms with Crippen LogP contribution >= 0.6 is 0 Å². The van der Waals surface area contributed by atoms with E-state index in [0.29, 0.717) is 12.0 Å². The first-order valence-corrected chi connectivity index (χ1v) is 15.0. The molecule has 0 radical (unpaired) electrons. The molecule has 0 spiro atoms. The van der Waals surface area contributed by atoms with Crippen molar-refractivity contribution in [3.63, 3.8) is 0 Å². The molecule has 2 aromatic carbocycles. The van der Waals surface area contributed by atoms with Crippen molar-refractivity contribution in [2.75, 3.05) is 25.6 Å². The minimum absolute atomic E-state index is 0.592. The fourth-order valence-electron chi connectivity index (χ4n) is 5.58.